The minimum absolute atomic E-state index is 0.145. The zero-order chi connectivity index (χ0) is 15.4. The van der Waals surface area contributed by atoms with Gasteiger partial charge in [-0.1, -0.05) is 0 Å². The standard InChI is InChI=1S/C14H18N2O5/c1-8-10(14(19)20-2)4-6-12(16-8)15-7-9-3-5-11(21-9)13(17)18/h4,6,9,11H,3,5,7H2,1-2H3,(H,15,16)(H,17,18). The Kier molecular flexibility index (Phi) is 4.74. The van der Waals surface area contributed by atoms with Gasteiger partial charge in [0.25, 0.3) is 0 Å². The molecule has 7 heteroatoms. The van der Waals surface area contributed by atoms with Crippen LogP contribution >= 0.6 is 0 Å². The number of carboxylic acids is 1. The van der Waals surface area contributed by atoms with Crippen LogP contribution in [0.3, 0.4) is 0 Å². The molecule has 1 aliphatic rings. The van der Waals surface area contributed by atoms with E-state index in [4.69, 9.17) is 9.84 Å². The van der Waals surface area contributed by atoms with Crippen LogP contribution in [-0.4, -0.2) is 47.9 Å². The first-order chi connectivity index (χ1) is 10.0. The number of ether oxygens (including phenoxy) is 2. The Morgan fingerprint density at radius 2 is 2.24 bits per heavy atom. The summed E-state index contributed by atoms with van der Waals surface area (Å²) in [7, 11) is 1.32. The largest absolute Gasteiger partial charge is 0.479 e. The Labute approximate surface area is 122 Å². The van der Waals surface area contributed by atoms with E-state index in [1.165, 1.54) is 7.11 Å². The number of carbonyl (C=O) groups excluding carboxylic acids is 1. The molecular formula is C14H18N2O5. The van der Waals surface area contributed by atoms with E-state index in [1.807, 2.05) is 0 Å². The SMILES string of the molecule is COC(=O)c1ccc(NCC2CCC(C(=O)O)O2)nc1C. The summed E-state index contributed by atoms with van der Waals surface area (Å²) in [6, 6.07) is 3.33. The maximum atomic E-state index is 11.5. The zero-order valence-corrected chi connectivity index (χ0v) is 12.0. The number of esters is 1. The third-order valence-corrected chi connectivity index (χ3v) is 3.38. The molecule has 0 saturated carbocycles. The summed E-state index contributed by atoms with van der Waals surface area (Å²) < 4.78 is 10.0. The molecular weight excluding hydrogens is 276 g/mol. The van der Waals surface area contributed by atoms with Crippen molar-refractivity contribution in [3.8, 4) is 0 Å². The third kappa shape index (κ3) is 3.69. The Bertz CT molecular complexity index is 546. The third-order valence-electron chi connectivity index (χ3n) is 3.38. The van der Waals surface area contributed by atoms with Crippen LogP contribution in [0, 0.1) is 6.92 Å². The molecule has 0 aliphatic carbocycles. The molecule has 1 saturated heterocycles. The molecule has 1 aromatic heterocycles. The lowest BCUT2D eigenvalue weighted by atomic mass is 10.2. The van der Waals surface area contributed by atoms with Crippen molar-refractivity contribution in [1.29, 1.82) is 0 Å². The van der Waals surface area contributed by atoms with Gasteiger partial charge in [0.15, 0.2) is 6.10 Å². The molecule has 114 valence electrons. The number of aryl methyl sites for hydroxylation is 1. The van der Waals surface area contributed by atoms with E-state index in [2.05, 4.69) is 15.0 Å². The number of carboxylic acid groups (broad SMARTS) is 1. The molecule has 0 radical (unpaired) electrons. The number of pyridine rings is 1. The normalized spacial score (nSPS) is 21.0. The van der Waals surface area contributed by atoms with Crippen molar-refractivity contribution in [3.05, 3.63) is 23.4 Å². The molecule has 0 aromatic carbocycles. The first-order valence-electron chi connectivity index (χ1n) is 6.69. The van der Waals surface area contributed by atoms with Crippen molar-refractivity contribution in [2.45, 2.75) is 32.0 Å². The van der Waals surface area contributed by atoms with Crippen molar-refractivity contribution in [3.63, 3.8) is 0 Å². The highest BCUT2D eigenvalue weighted by molar-refractivity contribution is 5.90. The molecule has 7 nitrogen and oxygen atoms in total. The summed E-state index contributed by atoms with van der Waals surface area (Å²) in [6.45, 7) is 2.21. The molecule has 1 fully saturated rings. The van der Waals surface area contributed by atoms with E-state index >= 15 is 0 Å². The van der Waals surface area contributed by atoms with Gasteiger partial charge in [-0.05, 0) is 31.9 Å². The number of methoxy groups -OCH3 is 1. The number of nitrogens with zero attached hydrogens (tertiary/aromatic N) is 1. The average molecular weight is 294 g/mol. The minimum atomic E-state index is -0.922. The lowest BCUT2D eigenvalue weighted by molar-refractivity contribution is -0.149. The lowest BCUT2D eigenvalue weighted by Crippen LogP contribution is -2.24. The molecule has 2 unspecified atom stereocenters. The number of hydrogen-bond acceptors (Lipinski definition) is 6. The fourth-order valence-electron chi connectivity index (χ4n) is 2.24. The second-order valence-electron chi connectivity index (χ2n) is 4.86. The smallest absolute Gasteiger partial charge is 0.339 e. The van der Waals surface area contributed by atoms with E-state index < -0.39 is 18.0 Å². The topological polar surface area (TPSA) is 97.8 Å². The molecule has 2 heterocycles. The van der Waals surface area contributed by atoms with Crippen LogP contribution < -0.4 is 5.32 Å². The summed E-state index contributed by atoms with van der Waals surface area (Å²) in [6.07, 6.45) is 0.361. The van der Waals surface area contributed by atoms with Gasteiger partial charge in [0.05, 0.1) is 24.5 Å². The van der Waals surface area contributed by atoms with Gasteiger partial charge in [0.2, 0.25) is 0 Å². The highest BCUT2D eigenvalue weighted by Gasteiger charge is 2.30. The van der Waals surface area contributed by atoms with Crippen molar-refractivity contribution < 1.29 is 24.2 Å². The van der Waals surface area contributed by atoms with Crippen LogP contribution in [0.2, 0.25) is 0 Å². The number of carbonyl (C=O) groups is 2. The summed E-state index contributed by atoms with van der Waals surface area (Å²) in [4.78, 5) is 26.5. The second kappa shape index (κ2) is 6.53. The average Bonchev–Trinajstić information content (AvgIpc) is 2.93. The highest BCUT2D eigenvalue weighted by Crippen LogP contribution is 2.20. The maximum absolute atomic E-state index is 11.5. The fourth-order valence-corrected chi connectivity index (χ4v) is 2.24. The number of rotatable bonds is 5. The first kappa shape index (κ1) is 15.2. The number of aliphatic carboxylic acids is 1. The van der Waals surface area contributed by atoms with Crippen molar-refractivity contribution in [2.75, 3.05) is 19.0 Å². The Morgan fingerprint density at radius 3 is 2.81 bits per heavy atom. The van der Waals surface area contributed by atoms with Gasteiger partial charge in [0, 0.05) is 6.54 Å². The lowest BCUT2D eigenvalue weighted by Gasteiger charge is -2.13. The number of anilines is 1. The van der Waals surface area contributed by atoms with Gasteiger partial charge in [-0.25, -0.2) is 14.6 Å². The van der Waals surface area contributed by atoms with Gasteiger partial charge in [0.1, 0.15) is 5.82 Å². The highest BCUT2D eigenvalue weighted by atomic mass is 16.5. The van der Waals surface area contributed by atoms with Crippen molar-refractivity contribution in [2.24, 2.45) is 0 Å². The molecule has 21 heavy (non-hydrogen) atoms. The van der Waals surface area contributed by atoms with Crippen molar-refractivity contribution >= 4 is 17.8 Å². The van der Waals surface area contributed by atoms with Gasteiger partial charge in [-0.2, -0.15) is 0 Å². The van der Waals surface area contributed by atoms with Crippen LogP contribution in [0.15, 0.2) is 12.1 Å². The molecule has 0 amide bonds. The van der Waals surface area contributed by atoms with E-state index in [-0.39, 0.29) is 6.10 Å². The molecule has 2 rings (SSSR count). The van der Waals surface area contributed by atoms with Crippen LogP contribution in [-0.2, 0) is 14.3 Å². The molecule has 2 atom stereocenters. The van der Waals surface area contributed by atoms with Crippen molar-refractivity contribution in [1.82, 2.24) is 4.98 Å². The quantitative estimate of drug-likeness (QED) is 0.788. The van der Waals surface area contributed by atoms with E-state index in [9.17, 15) is 9.59 Å². The number of hydrogen-bond donors (Lipinski definition) is 2. The predicted molar refractivity (Wildman–Crippen MR) is 74.3 cm³/mol. The maximum Gasteiger partial charge on any atom is 0.339 e. The van der Waals surface area contributed by atoms with Crippen LogP contribution in [0.5, 0.6) is 0 Å². The van der Waals surface area contributed by atoms with E-state index in [1.54, 1.807) is 19.1 Å². The summed E-state index contributed by atoms with van der Waals surface area (Å²) in [5.74, 6) is -0.730. The summed E-state index contributed by atoms with van der Waals surface area (Å²) in [5, 5.41) is 11.9. The molecule has 0 spiro atoms. The number of nitrogens with one attached hydrogen (secondary N) is 1. The Balaban J connectivity index is 1.91. The Morgan fingerprint density at radius 1 is 1.48 bits per heavy atom. The van der Waals surface area contributed by atoms with E-state index in [0.717, 1.165) is 0 Å². The fraction of sp³-hybridized carbons (Fsp3) is 0.500. The van der Waals surface area contributed by atoms with Crippen LogP contribution in [0.25, 0.3) is 0 Å². The first-order valence-corrected chi connectivity index (χ1v) is 6.69. The Hall–Kier alpha value is -2.15. The molecule has 1 aromatic rings. The minimum Gasteiger partial charge on any atom is -0.479 e. The zero-order valence-electron chi connectivity index (χ0n) is 12.0. The molecule has 1 aliphatic heterocycles. The van der Waals surface area contributed by atoms with Crippen LogP contribution in [0.1, 0.15) is 28.9 Å². The summed E-state index contributed by atoms with van der Waals surface area (Å²) in [5.41, 5.74) is 0.994. The monoisotopic (exact) mass is 294 g/mol. The second-order valence-corrected chi connectivity index (χ2v) is 4.86. The van der Waals surface area contributed by atoms with Gasteiger partial charge in [-0.15, -0.1) is 0 Å². The van der Waals surface area contributed by atoms with Crippen LogP contribution in [0.4, 0.5) is 5.82 Å². The van der Waals surface area contributed by atoms with Gasteiger partial charge in [-0.3, -0.25) is 0 Å². The van der Waals surface area contributed by atoms with Gasteiger partial charge >= 0.3 is 11.9 Å². The number of aromatic nitrogens is 1. The molecule has 2 N–H and O–H groups in total. The molecule has 0 bridgehead atoms. The summed E-state index contributed by atoms with van der Waals surface area (Å²) >= 11 is 0. The predicted octanol–water partition coefficient (Wildman–Crippen LogP) is 1.22. The van der Waals surface area contributed by atoms with Gasteiger partial charge < -0.3 is 19.9 Å². The van der Waals surface area contributed by atoms with E-state index in [0.29, 0.717) is 36.5 Å².